The van der Waals surface area contributed by atoms with Crippen LogP contribution in [0.2, 0.25) is 0 Å². The molecule has 1 aromatic carbocycles. The van der Waals surface area contributed by atoms with Gasteiger partial charge >= 0.3 is 5.97 Å². The Morgan fingerprint density at radius 1 is 1.23 bits per heavy atom. The molecule has 0 aliphatic heterocycles. The van der Waals surface area contributed by atoms with Crippen molar-refractivity contribution in [3.8, 4) is 0 Å². The lowest BCUT2D eigenvalue weighted by Gasteiger charge is -2.20. The third kappa shape index (κ3) is 4.58. The van der Waals surface area contributed by atoms with Gasteiger partial charge in [-0.25, -0.2) is 0 Å². The van der Waals surface area contributed by atoms with E-state index in [2.05, 4.69) is 24.4 Å². The average molecular weight is 303 g/mol. The molecule has 1 aliphatic rings. The van der Waals surface area contributed by atoms with Gasteiger partial charge in [0, 0.05) is 12.0 Å². The highest BCUT2D eigenvalue weighted by Crippen LogP contribution is 2.31. The summed E-state index contributed by atoms with van der Waals surface area (Å²) in [5, 5.41) is 12.2. The van der Waals surface area contributed by atoms with Crippen molar-refractivity contribution < 1.29 is 14.7 Å². The predicted molar refractivity (Wildman–Crippen MR) is 85.5 cm³/mol. The van der Waals surface area contributed by atoms with Crippen LogP contribution >= 0.6 is 0 Å². The number of nitrogens with one attached hydrogen (secondary N) is 1. The Bertz CT molecular complexity index is 500. The molecule has 4 heteroatoms. The van der Waals surface area contributed by atoms with Crippen molar-refractivity contribution in [1.29, 1.82) is 0 Å². The zero-order valence-corrected chi connectivity index (χ0v) is 13.1. The Balaban J connectivity index is 1.90. The zero-order chi connectivity index (χ0) is 15.9. The predicted octanol–water partition coefficient (Wildman–Crippen LogP) is 3.01. The van der Waals surface area contributed by atoms with E-state index in [0.29, 0.717) is 19.3 Å². The molecule has 1 fully saturated rings. The van der Waals surface area contributed by atoms with E-state index >= 15 is 0 Å². The Morgan fingerprint density at radius 3 is 2.50 bits per heavy atom. The van der Waals surface area contributed by atoms with E-state index in [1.54, 1.807) is 0 Å². The summed E-state index contributed by atoms with van der Waals surface area (Å²) < 4.78 is 0. The molecule has 2 N–H and O–H groups in total. The molecule has 2 rings (SSSR count). The summed E-state index contributed by atoms with van der Waals surface area (Å²) in [4.78, 5) is 23.4. The van der Waals surface area contributed by atoms with Crippen molar-refractivity contribution >= 4 is 11.9 Å². The summed E-state index contributed by atoms with van der Waals surface area (Å²) in [5.74, 6) is -1.24. The smallest absolute Gasteiger partial charge is 0.306 e. The number of hydrogen-bond donors (Lipinski definition) is 2. The van der Waals surface area contributed by atoms with E-state index < -0.39 is 5.97 Å². The molecule has 22 heavy (non-hydrogen) atoms. The molecule has 1 saturated carbocycles. The van der Waals surface area contributed by atoms with E-state index in [0.717, 1.165) is 19.3 Å². The third-order valence-electron chi connectivity index (χ3n) is 4.46. The van der Waals surface area contributed by atoms with Gasteiger partial charge in [0.2, 0.25) is 5.91 Å². The van der Waals surface area contributed by atoms with Gasteiger partial charge in [0.15, 0.2) is 0 Å². The number of rotatable bonds is 7. The van der Waals surface area contributed by atoms with Crippen LogP contribution in [0.4, 0.5) is 0 Å². The van der Waals surface area contributed by atoms with E-state index in [4.69, 9.17) is 5.11 Å². The summed E-state index contributed by atoms with van der Waals surface area (Å²) in [6, 6.07) is 10.3. The minimum atomic E-state index is -0.773. The first-order valence-corrected chi connectivity index (χ1v) is 8.17. The van der Waals surface area contributed by atoms with Gasteiger partial charge in [-0.1, -0.05) is 43.7 Å². The molecule has 1 aromatic rings. The first-order valence-electron chi connectivity index (χ1n) is 8.17. The van der Waals surface area contributed by atoms with E-state index in [1.807, 2.05) is 18.2 Å². The Labute approximate surface area is 131 Å². The van der Waals surface area contributed by atoms with Gasteiger partial charge in [0.1, 0.15) is 0 Å². The van der Waals surface area contributed by atoms with Crippen LogP contribution in [0.5, 0.6) is 0 Å². The van der Waals surface area contributed by atoms with Crippen LogP contribution in [0.25, 0.3) is 0 Å². The summed E-state index contributed by atoms with van der Waals surface area (Å²) >= 11 is 0. The minimum Gasteiger partial charge on any atom is -0.481 e. The third-order valence-corrected chi connectivity index (χ3v) is 4.46. The normalized spacial score (nSPS) is 22.2. The second-order valence-electron chi connectivity index (χ2n) is 6.23. The van der Waals surface area contributed by atoms with Crippen molar-refractivity contribution in [2.45, 2.75) is 51.5 Å². The van der Waals surface area contributed by atoms with Gasteiger partial charge in [-0.2, -0.15) is 0 Å². The standard InChI is InChI=1S/C18H25NO3/c1-2-6-16(11-13-7-4-3-5-8-13)19-17(20)14-9-10-15(12-14)18(21)22/h3-5,7-8,14-16H,2,6,9-12H2,1H3,(H,19,20)(H,21,22)/t14-,15+,16?/m1/s1. The minimum absolute atomic E-state index is 0.0260. The average Bonchev–Trinajstić information content (AvgIpc) is 2.98. The van der Waals surface area contributed by atoms with Gasteiger partial charge in [-0.05, 0) is 37.7 Å². The van der Waals surface area contributed by atoms with Crippen LogP contribution in [-0.2, 0) is 16.0 Å². The van der Waals surface area contributed by atoms with Crippen LogP contribution in [0, 0.1) is 11.8 Å². The fraction of sp³-hybridized carbons (Fsp3) is 0.556. The molecule has 0 aromatic heterocycles. The van der Waals surface area contributed by atoms with Gasteiger partial charge in [0.05, 0.1) is 5.92 Å². The highest BCUT2D eigenvalue weighted by molar-refractivity contribution is 5.81. The molecule has 4 nitrogen and oxygen atoms in total. The fourth-order valence-corrected chi connectivity index (χ4v) is 3.24. The van der Waals surface area contributed by atoms with Gasteiger partial charge in [-0.15, -0.1) is 0 Å². The number of carbonyl (C=O) groups excluding carboxylic acids is 1. The molecule has 1 amide bonds. The lowest BCUT2D eigenvalue weighted by atomic mass is 9.99. The molecule has 120 valence electrons. The second kappa shape index (κ2) is 7.97. The molecule has 1 aliphatic carbocycles. The van der Waals surface area contributed by atoms with Crippen LogP contribution in [0.3, 0.4) is 0 Å². The maximum atomic E-state index is 12.4. The Morgan fingerprint density at radius 2 is 1.91 bits per heavy atom. The first-order chi connectivity index (χ1) is 10.6. The fourth-order valence-electron chi connectivity index (χ4n) is 3.24. The van der Waals surface area contributed by atoms with Gasteiger partial charge in [-0.3, -0.25) is 9.59 Å². The monoisotopic (exact) mass is 303 g/mol. The molecular weight excluding hydrogens is 278 g/mol. The molecular formula is C18H25NO3. The van der Waals surface area contributed by atoms with Crippen LogP contribution < -0.4 is 5.32 Å². The van der Waals surface area contributed by atoms with Crippen molar-refractivity contribution in [3.63, 3.8) is 0 Å². The number of benzene rings is 1. The lowest BCUT2D eigenvalue weighted by molar-refractivity contribution is -0.141. The number of amides is 1. The van der Waals surface area contributed by atoms with Crippen molar-refractivity contribution in [1.82, 2.24) is 5.32 Å². The topological polar surface area (TPSA) is 66.4 Å². The number of carbonyl (C=O) groups is 2. The molecule has 3 atom stereocenters. The van der Waals surface area contributed by atoms with E-state index in [1.165, 1.54) is 5.56 Å². The summed E-state index contributed by atoms with van der Waals surface area (Å²) in [6.07, 6.45) is 4.56. The Hall–Kier alpha value is -1.84. The molecule has 0 bridgehead atoms. The van der Waals surface area contributed by atoms with E-state index in [-0.39, 0.29) is 23.8 Å². The summed E-state index contributed by atoms with van der Waals surface area (Å²) in [7, 11) is 0. The van der Waals surface area contributed by atoms with Crippen LogP contribution in [0.15, 0.2) is 30.3 Å². The van der Waals surface area contributed by atoms with Crippen molar-refractivity contribution in [2.75, 3.05) is 0 Å². The summed E-state index contributed by atoms with van der Waals surface area (Å²) in [5.41, 5.74) is 1.22. The number of carboxylic acid groups (broad SMARTS) is 1. The van der Waals surface area contributed by atoms with Gasteiger partial charge in [0.25, 0.3) is 0 Å². The highest BCUT2D eigenvalue weighted by atomic mass is 16.4. The molecule has 1 unspecified atom stereocenters. The van der Waals surface area contributed by atoms with Gasteiger partial charge < -0.3 is 10.4 Å². The summed E-state index contributed by atoms with van der Waals surface area (Å²) in [6.45, 7) is 2.11. The van der Waals surface area contributed by atoms with Crippen molar-refractivity contribution in [2.24, 2.45) is 11.8 Å². The highest BCUT2D eigenvalue weighted by Gasteiger charge is 2.34. The molecule has 0 heterocycles. The number of carboxylic acids is 1. The van der Waals surface area contributed by atoms with Crippen molar-refractivity contribution in [3.05, 3.63) is 35.9 Å². The zero-order valence-electron chi connectivity index (χ0n) is 13.1. The Kier molecular flexibility index (Phi) is 5.99. The SMILES string of the molecule is CCCC(Cc1ccccc1)NC(=O)[C@@H]1CC[C@H](C(=O)O)C1. The molecule has 0 radical (unpaired) electrons. The van der Waals surface area contributed by atoms with E-state index in [9.17, 15) is 9.59 Å². The maximum Gasteiger partial charge on any atom is 0.306 e. The lowest BCUT2D eigenvalue weighted by Crippen LogP contribution is -2.39. The maximum absolute atomic E-state index is 12.4. The number of hydrogen-bond acceptors (Lipinski definition) is 2. The molecule has 0 spiro atoms. The quantitative estimate of drug-likeness (QED) is 0.813. The van der Waals surface area contributed by atoms with Crippen LogP contribution in [0.1, 0.15) is 44.6 Å². The molecule has 0 saturated heterocycles. The second-order valence-corrected chi connectivity index (χ2v) is 6.23. The van der Waals surface area contributed by atoms with Crippen LogP contribution in [-0.4, -0.2) is 23.0 Å². The first kappa shape index (κ1) is 16.5. The largest absolute Gasteiger partial charge is 0.481 e. The number of aliphatic carboxylic acids is 1.